The number of nitrogens with zero attached hydrogens (tertiary/aromatic N) is 3. The van der Waals surface area contributed by atoms with Gasteiger partial charge in [0.15, 0.2) is 11.6 Å². The number of anilines is 1. The van der Waals surface area contributed by atoms with E-state index in [1.54, 1.807) is 11.1 Å². The van der Waals surface area contributed by atoms with Crippen LogP contribution in [0.2, 0.25) is 0 Å². The van der Waals surface area contributed by atoms with Crippen molar-refractivity contribution in [2.24, 2.45) is 5.41 Å². The maximum Gasteiger partial charge on any atom is 0.228 e. The van der Waals surface area contributed by atoms with Crippen LogP contribution in [0.4, 0.5) is 5.82 Å². The number of rotatable bonds is 2. The molecule has 0 aromatic carbocycles. The molecular weight excluding hydrogens is 286 g/mol. The summed E-state index contributed by atoms with van der Waals surface area (Å²) in [5, 5.41) is 1.81. The van der Waals surface area contributed by atoms with E-state index in [0.29, 0.717) is 29.9 Å². The molecule has 0 N–H and O–H groups in total. The number of hydrogen-bond acceptors (Lipinski definition) is 5. The van der Waals surface area contributed by atoms with Gasteiger partial charge in [0.05, 0.1) is 11.8 Å². The first-order valence-electron chi connectivity index (χ1n) is 6.97. The normalized spacial score (nSPS) is 16.0. The Labute approximate surface area is 127 Å². The molecule has 0 unspecified atom stereocenters. The molecule has 2 aromatic rings. The van der Waals surface area contributed by atoms with Gasteiger partial charge in [-0.05, 0) is 6.42 Å². The van der Waals surface area contributed by atoms with Crippen molar-refractivity contribution in [3.63, 3.8) is 0 Å². The summed E-state index contributed by atoms with van der Waals surface area (Å²) in [5.41, 5.74) is 0.746. The lowest BCUT2D eigenvalue weighted by Gasteiger charge is -2.16. The molecule has 5 nitrogen and oxygen atoms in total. The molecule has 3 rings (SSSR count). The second-order valence-corrected chi connectivity index (χ2v) is 7.12. The predicted octanol–water partition coefficient (Wildman–Crippen LogP) is 3.05. The zero-order valence-corrected chi connectivity index (χ0v) is 13.2. The summed E-state index contributed by atoms with van der Waals surface area (Å²) >= 11 is 1.41. The highest BCUT2D eigenvalue weighted by Crippen LogP contribution is 2.31. The largest absolute Gasteiger partial charge is 0.296 e. The van der Waals surface area contributed by atoms with E-state index in [-0.39, 0.29) is 11.7 Å². The third-order valence-corrected chi connectivity index (χ3v) is 4.42. The third kappa shape index (κ3) is 2.44. The van der Waals surface area contributed by atoms with Gasteiger partial charge < -0.3 is 0 Å². The van der Waals surface area contributed by atoms with Crippen LogP contribution in [0.1, 0.15) is 44.0 Å². The van der Waals surface area contributed by atoms with Crippen molar-refractivity contribution in [1.29, 1.82) is 0 Å². The third-order valence-electron chi connectivity index (χ3n) is 3.55. The fourth-order valence-electron chi connectivity index (χ4n) is 2.39. The SMILES string of the molecule is CC(C)(C)C(=O)c1csc2ncc(N3CCCC3=O)nc12. The lowest BCUT2D eigenvalue weighted by molar-refractivity contribution is -0.117. The molecule has 0 radical (unpaired) electrons. The van der Waals surface area contributed by atoms with E-state index in [2.05, 4.69) is 9.97 Å². The number of amides is 1. The van der Waals surface area contributed by atoms with Crippen molar-refractivity contribution >= 4 is 39.2 Å². The maximum absolute atomic E-state index is 12.5. The molecule has 0 spiro atoms. The summed E-state index contributed by atoms with van der Waals surface area (Å²) in [6.07, 6.45) is 3.01. The second kappa shape index (κ2) is 4.87. The summed E-state index contributed by atoms with van der Waals surface area (Å²) in [5.74, 6) is 0.668. The van der Waals surface area contributed by atoms with Crippen molar-refractivity contribution in [1.82, 2.24) is 9.97 Å². The summed E-state index contributed by atoms with van der Waals surface area (Å²) < 4.78 is 0. The number of fused-ring (bicyclic) bond motifs is 1. The Bertz CT molecular complexity index is 730. The minimum atomic E-state index is -0.463. The number of ketones is 1. The van der Waals surface area contributed by atoms with Gasteiger partial charge in [-0.25, -0.2) is 9.97 Å². The van der Waals surface area contributed by atoms with E-state index in [1.807, 2.05) is 26.2 Å². The molecule has 1 amide bonds. The molecule has 21 heavy (non-hydrogen) atoms. The van der Waals surface area contributed by atoms with E-state index < -0.39 is 5.41 Å². The van der Waals surface area contributed by atoms with Crippen LogP contribution < -0.4 is 4.90 Å². The Hall–Kier alpha value is -1.82. The topological polar surface area (TPSA) is 63.2 Å². The Balaban J connectivity index is 2.08. The van der Waals surface area contributed by atoms with Gasteiger partial charge in [0.25, 0.3) is 0 Å². The quantitative estimate of drug-likeness (QED) is 0.800. The molecule has 3 heterocycles. The molecule has 1 saturated heterocycles. The molecule has 0 bridgehead atoms. The molecule has 0 saturated carbocycles. The monoisotopic (exact) mass is 303 g/mol. The highest BCUT2D eigenvalue weighted by atomic mass is 32.1. The Kier molecular flexibility index (Phi) is 3.28. The lowest BCUT2D eigenvalue weighted by Crippen LogP contribution is -2.25. The van der Waals surface area contributed by atoms with Gasteiger partial charge in [0.2, 0.25) is 5.91 Å². The van der Waals surface area contributed by atoms with Gasteiger partial charge in [-0.3, -0.25) is 14.5 Å². The van der Waals surface area contributed by atoms with E-state index in [0.717, 1.165) is 11.3 Å². The zero-order chi connectivity index (χ0) is 15.2. The number of Topliss-reactive ketones (excluding diaryl/α,β-unsaturated/α-hetero) is 1. The Morgan fingerprint density at radius 3 is 2.76 bits per heavy atom. The van der Waals surface area contributed by atoms with Crippen LogP contribution in [0.15, 0.2) is 11.6 Å². The lowest BCUT2D eigenvalue weighted by atomic mass is 9.87. The number of aromatic nitrogens is 2. The Morgan fingerprint density at radius 1 is 1.38 bits per heavy atom. The van der Waals surface area contributed by atoms with Gasteiger partial charge in [-0.15, -0.1) is 11.3 Å². The number of thiophene rings is 1. The van der Waals surface area contributed by atoms with Crippen LogP contribution >= 0.6 is 11.3 Å². The average molecular weight is 303 g/mol. The molecule has 1 aliphatic rings. The van der Waals surface area contributed by atoms with E-state index >= 15 is 0 Å². The highest BCUT2D eigenvalue weighted by molar-refractivity contribution is 7.17. The van der Waals surface area contributed by atoms with E-state index in [9.17, 15) is 9.59 Å². The van der Waals surface area contributed by atoms with Crippen LogP contribution in [0, 0.1) is 5.41 Å². The number of hydrogen-bond donors (Lipinski definition) is 0. The fraction of sp³-hybridized carbons (Fsp3) is 0.467. The fourth-order valence-corrected chi connectivity index (χ4v) is 3.22. The summed E-state index contributed by atoms with van der Waals surface area (Å²) in [6, 6.07) is 0. The average Bonchev–Trinajstić information content (AvgIpc) is 3.02. The highest BCUT2D eigenvalue weighted by Gasteiger charge is 2.28. The standard InChI is InChI=1S/C15H17N3O2S/c1-15(2,3)13(20)9-8-21-14-12(9)17-10(7-16-14)18-6-4-5-11(18)19/h7-8H,4-6H2,1-3H3. The van der Waals surface area contributed by atoms with Crippen molar-refractivity contribution in [2.45, 2.75) is 33.6 Å². The van der Waals surface area contributed by atoms with Crippen molar-refractivity contribution in [3.05, 3.63) is 17.1 Å². The first kappa shape index (κ1) is 14.1. The van der Waals surface area contributed by atoms with E-state index in [1.165, 1.54) is 11.3 Å². The van der Waals surface area contributed by atoms with Crippen LogP contribution in [0.25, 0.3) is 10.3 Å². The first-order valence-corrected chi connectivity index (χ1v) is 7.85. The molecule has 1 fully saturated rings. The van der Waals surface area contributed by atoms with Gasteiger partial charge in [0.1, 0.15) is 10.3 Å². The summed E-state index contributed by atoms with van der Waals surface area (Å²) in [7, 11) is 0. The molecule has 1 aliphatic heterocycles. The Morgan fingerprint density at radius 2 is 2.14 bits per heavy atom. The summed E-state index contributed by atoms with van der Waals surface area (Å²) in [4.78, 5) is 35.6. The van der Waals surface area contributed by atoms with Crippen molar-refractivity contribution in [3.8, 4) is 0 Å². The van der Waals surface area contributed by atoms with Gasteiger partial charge in [-0.1, -0.05) is 20.8 Å². The number of carbonyl (C=O) groups is 2. The molecule has 2 aromatic heterocycles. The van der Waals surface area contributed by atoms with Gasteiger partial charge in [0, 0.05) is 23.8 Å². The summed E-state index contributed by atoms with van der Waals surface area (Å²) in [6.45, 7) is 6.34. The molecular formula is C15H17N3O2S. The minimum Gasteiger partial charge on any atom is -0.296 e. The number of carbonyl (C=O) groups excluding carboxylic acids is 2. The maximum atomic E-state index is 12.5. The second-order valence-electron chi connectivity index (χ2n) is 6.26. The van der Waals surface area contributed by atoms with Gasteiger partial charge in [-0.2, -0.15) is 0 Å². The zero-order valence-electron chi connectivity index (χ0n) is 12.3. The first-order chi connectivity index (χ1) is 9.88. The van der Waals surface area contributed by atoms with Gasteiger partial charge >= 0.3 is 0 Å². The predicted molar refractivity (Wildman–Crippen MR) is 82.8 cm³/mol. The smallest absolute Gasteiger partial charge is 0.228 e. The van der Waals surface area contributed by atoms with Crippen LogP contribution in [-0.2, 0) is 4.79 Å². The molecule has 0 atom stereocenters. The molecule has 6 heteroatoms. The minimum absolute atomic E-state index is 0.0490. The van der Waals surface area contributed by atoms with E-state index in [4.69, 9.17) is 0 Å². The van der Waals surface area contributed by atoms with Crippen LogP contribution in [0.5, 0.6) is 0 Å². The molecule has 110 valence electrons. The molecule has 0 aliphatic carbocycles. The van der Waals surface area contributed by atoms with Crippen molar-refractivity contribution < 1.29 is 9.59 Å². The van der Waals surface area contributed by atoms with Crippen LogP contribution in [0.3, 0.4) is 0 Å². The van der Waals surface area contributed by atoms with Crippen molar-refractivity contribution in [2.75, 3.05) is 11.4 Å². The van der Waals surface area contributed by atoms with Crippen LogP contribution in [-0.4, -0.2) is 28.2 Å².